The standard InChI is InChI=1S/C9H18Cl/c1-4-5-6-7-9(2,3)8-10/h7H,4-6,8H2,1-3H3. The SMILES string of the molecule is CCCC[CH]C(C)(C)CCl. The van der Waals surface area contributed by atoms with E-state index in [9.17, 15) is 0 Å². The summed E-state index contributed by atoms with van der Waals surface area (Å²) in [6, 6.07) is 0. The molecule has 0 saturated heterocycles. The molecule has 1 heteroatoms. The highest BCUT2D eigenvalue weighted by Crippen LogP contribution is 2.23. The van der Waals surface area contributed by atoms with Gasteiger partial charge in [0.15, 0.2) is 0 Å². The van der Waals surface area contributed by atoms with Crippen LogP contribution in [0.5, 0.6) is 0 Å². The summed E-state index contributed by atoms with van der Waals surface area (Å²) in [7, 11) is 0. The Labute approximate surface area is 70.0 Å². The first-order chi connectivity index (χ1) is 4.62. The molecule has 61 valence electrons. The molecule has 0 aliphatic carbocycles. The predicted molar refractivity (Wildman–Crippen MR) is 48.3 cm³/mol. The van der Waals surface area contributed by atoms with Gasteiger partial charge in [-0.3, -0.25) is 0 Å². The molecule has 1 radical (unpaired) electrons. The van der Waals surface area contributed by atoms with Gasteiger partial charge in [0.1, 0.15) is 0 Å². The molecule has 0 aliphatic rings. The van der Waals surface area contributed by atoms with E-state index in [1.54, 1.807) is 0 Å². The lowest BCUT2D eigenvalue weighted by molar-refractivity contribution is 0.474. The maximum Gasteiger partial charge on any atom is 0.0277 e. The first-order valence-corrected chi connectivity index (χ1v) is 4.56. The third-order valence-corrected chi connectivity index (χ3v) is 2.29. The molecule has 0 fully saturated rings. The Kier molecular flexibility index (Phi) is 5.15. The highest BCUT2D eigenvalue weighted by atomic mass is 35.5. The maximum atomic E-state index is 5.74. The van der Waals surface area contributed by atoms with Crippen LogP contribution in [0.15, 0.2) is 0 Å². The second-order valence-corrected chi connectivity index (χ2v) is 3.74. The van der Waals surface area contributed by atoms with Gasteiger partial charge in [-0.05, 0) is 18.3 Å². The summed E-state index contributed by atoms with van der Waals surface area (Å²) >= 11 is 5.74. The third kappa shape index (κ3) is 5.10. The van der Waals surface area contributed by atoms with Crippen molar-refractivity contribution in [2.24, 2.45) is 5.41 Å². The minimum absolute atomic E-state index is 0.233. The van der Waals surface area contributed by atoms with Crippen LogP contribution in [0.3, 0.4) is 0 Å². The highest BCUT2D eigenvalue weighted by Gasteiger charge is 2.14. The Bertz CT molecular complexity index is 76.8. The summed E-state index contributed by atoms with van der Waals surface area (Å²) in [6.45, 7) is 6.56. The fourth-order valence-electron chi connectivity index (χ4n) is 0.751. The van der Waals surface area contributed by atoms with Crippen molar-refractivity contribution in [1.82, 2.24) is 0 Å². The van der Waals surface area contributed by atoms with Crippen LogP contribution >= 0.6 is 11.6 Å². The van der Waals surface area contributed by atoms with Crippen LogP contribution in [0, 0.1) is 11.8 Å². The summed E-state index contributed by atoms with van der Waals surface area (Å²) in [6.07, 6.45) is 6.09. The zero-order valence-corrected chi connectivity index (χ0v) is 8.04. The number of rotatable bonds is 5. The van der Waals surface area contributed by atoms with Crippen LogP contribution < -0.4 is 0 Å². The van der Waals surface area contributed by atoms with Crippen molar-refractivity contribution in [1.29, 1.82) is 0 Å². The molecule has 0 atom stereocenters. The van der Waals surface area contributed by atoms with Crippen LogP contribution in [0.2, 0.25) is 0 Å². The molecular weight excluding hydrogens is 144 g/mol. The smallest absolute Gasteiger partial charge is 0.0277 e. The molecule has 0 spiro atoms. The Hall–Kier alpha value is 0.290. The van der Waals surface area contributed by atoms with E-state index >= 15 is 0 Å². The third-order valence-electron chi connectivity index (χ3n) is 1.60. The van der Waals surface area contributed by atoms with E-state index in [4.69, 9.17) is 11.6 Å². The Balaban J connectivity index is 3.28. The van der Waals surface area contributed by atoms with Gasteiger partial charge in [-0.15, -0.1) is 11.6 Å². The minimum atomic E-state index is 0.233. The molecule has 0 aliphatic heterocycles. The number of alkyl halides is 1. The van der Waals surface area contributed by atoms with Gasteiger partial charge in [0, 0.05) is 5.88 Å². The fourth-order valence-corrected chi connectivity index (χ4v) is 0.861. The van der Waals surface area contributed by atoms with E-state index in [1.165, 1.54) is 19.3 Å². The number of unbranched alkanes of at least 4 members (excludes halogenated alkanes) is 2. The van der Waals surface area contributed by atoms with Crippen molar-refractivity contribution in [3.05, 3.63) is 6.42 Å². The molecule has 0 bridgehead atoms. The molecule has 0 amide bonds. The van der Waals surface area contributed by atoms with E-state index in [2.05, 4.69) is 27.2 Å². The van der Waals surface area contributed by atoms with Crippen LogP contribution in [-0.4, -0.2) is 5.88 Å². The lowest BCUT2D eigenvalue weighted by Crippen LogP contribution is -2.13. The average Bonchev–Trinajstić information content (AvgIpc) is 1.89. The van der Waals surface area contributed by atoms with E-state index in [1.807, 2.05) is 0 Å². The van der Waals surface area contributed by atoms with Gasteiger partial charge < -0.3 is 0 Å². The van der Waals surface area contributed by atoms with Crippen molar-refractivity contribution in [2.45, 2.75) is 40.0 Å². The van der Waals surface area contributed by atoms with E-state index in [0.717, 1.165) is 5.88 Å². The lowest BCUT2D eigenvalue weighted by atomic mass is 9.89. The van der Waals surface area contributed by atoms with Crippen LogP contribution in [-0.2, 0) is 0 Å². The normalized spacial score (nSPS) is 12.0. The Morgan fingerprint density at radius 1 is 1.40 bits per heavy atom. The first-order valence-electron chi connectivity index (χ1n) is 4.02. The van der Waals surface area contributed by atoms with Crippen LogP contribution in [0.1, 0.15) is 40.0 Å². The second kappa shape index (κ2) is 5.01. The summed E-state index contributed by atoms with van der Waals surface area (Å²) < 4.78 is 0. The molecule has 0 heterocycles. The number of hydrogen-bond acceptors (Lipinski definition) is 0. The molecule has 0 nitrogen and oxygen atoms in total. The predicted octanol–water partition coefficient (Wildman–Crippen LogP) is 3.65. The molecule has 0 aromatic rings. The van der Waals surface area contributed by atoms with Crippen LogP contribution in [0.25, 0.3) is 0 Å². The maximum absolute atomic E-state index is 5.74. The molecule has 0 aromatic heterocycles. The number of halogens is 1. The van der Waals surface area contributed by atoms with Gasteiger partial charge >= 0.3 is 0 Å². The lowest BCUT2D eigenvalue weighted by Gasteiger charge is -2.20. The summed E-state index contributed by atoms with van der Waals surface area (Å²) in [5.41, 5.74) is 0.233. The van der Waals surface area contributed by atoms with Gasteiger partial charge in [-0.25, -0.2) is 0 Å². The zero-order valence-electron chi connectivity index (χ0n) is 7.28. The van der Waals surface area contributed by atoms with Gasteiger partial charge in [-0.1, -0.05) is 33.6 Å². The quantitative estimate of drug-likeness (QED) is 0.427. The van der Waals surface area contributed by atoms with Crippen molar-refractivity contribution < 1.29 is 0 Å². The molecule has 0 unspecified atom stereocenters. The van der Waals surface area contributed by atoms with Crippen molar-refractivity contribution >= 4 is 11.6 Å². The molecule has 0 N–H and O–H groups in total. The topological polar surface area (TPSA) is 0 Å². The first kappa shape index (κ1) is 10.3. The minimum Gasteiger partial charge on any atom is -0.126 e. The summed E-state index contributed by atoms with van der Waals surface area (Å²) in [5, 5.41) is 0. The van der Waals surface area contributed by atoms with E-state index in [-0.39, 0.29) is 5.41 Å². The second-order valence-electron chi connectivity index (χ2n) is 3.47. The number of hydrogen-bond donors (Lipinski definition) is 0. The average molecular weight is 162 g/mol. The Morgan fingerprint density at radius 2 is 2.00 bits per heavy atom. The van der Waals surface area contributed by atoms with E-state index in [0.29, 0.717) is 0 Å². The fraction of sp³-hybridized carbons (Fsp3) is 0.889. The van der Waals surface area contributed by atoms with Gasteiger partial charge in [0.25, 0.3) is 0 Å². The highest BCUT2D eigenvalue weighted by molar-refractivity contribution is 6.18. The van der Waals surface area contributed by atoms with Gasteiger partial charge in [0.2, 0.25) is 0 Å². The molecule has 10 heavy (non-hydrogen) atoms. The van der Waals surface area contributed by atoms with Gasteiger partial charge in [-0.2, -0.15) is 0 Å². The molecular formula is C9H18Cl. The van der Waals surface area contributed by atoms with Crippen molar-refractivity contribution in [3.63, 3.8) is 0 Å². The molecule has 0 saturated carbocycles. The molecule has 0 aromatic carbocycles. The summed E-state index contributed by atoms with van der Waals surface area (Å²) in [5.74, 6) is 0.733. The Morgan fingerprint density at radius 3 is 2.40 bits per heavy atom. The van der Waals surface area contributed by atoms with Crippen molar-refractivity contribution in [3.8, 4) is 0 Å². The van der Waals surface area contributed by atoms with E-state index < -0.39 is 0 Å². The molecule has 0 rings (SSSR count). The van der Waals surface area contributed by atoms with Gasteiger partial charge in [0.05, 0.1) is 0 Å². The zero-order chi connectivity index (χ0) is 8.04. The van der Waals surface area contributed by atoms with Crippen molar-refractivity contribution in [2.75, 3.05) is 5.88 Å². The monoisotopic (exact) mass is 161 g/mol. The summed E-state index contributed by atoms with van der Waals surface area (Å²) in [4.78, 5) is 0. The largest absolute Gasteiger partial charge is 0.126 e. The van der Waals surface area contributed by atoms with Crippen LogP contribution in [0.4, 0.5) is 0 Å².